The fraction of sp³-hybridized carbons (Fsp3) is 0. The van der Waals surface area contributed by atoms with E-state index in [1.54, 1.807) is 6.07 Å². The Morgan fingerprint density at radius 2 is 1.57 bits per heavy atom. The van der Waals surface area contributed by atoms with E-state index in [4.69, 9.17) is 10.0 Å². The number of rotatable bonds is 1. The monoisotopic (exact) mass is 204 g/mol. The van der Waals surface area contributed by atoms with Gasteiger partial charge in [0.2, 0.25) is 0 Å². The average molecular weight is 204 g/mol. The van der Waals surface area contributed by atoms with Gasteiger partial charge < -0.3 is 10.0 Å². The Bertz CT molecular complexity index is 471. The summed E-state index contributed by atoms with van der Waals surface area (Å²) in [5, 5.41) is 20.2. The topological polar surface area (TPSA) is 40.5 Å². The maximum Gasteiger partial charge on any atom is 0.489 e. The summed E-state index contributed by atoms with van der Waals surface area (Å²) in [4.78, 5) is 0.596. The zero-order valence-electron chi connectivity index (χ0n) is 7.38. The van der Waals surface area contributed by atoms with E-state index in [0.29, 0.717) is 10.4 Å². The zero-order valence-corrected chi connectivity index (χ0v) is 8.28. The molecule has 14 heavy (non-hydrogen) atoms. The molecule has 0 aliphatic carbocycles. The third kappa shape index (κ3) is 1.64. The van der Waals surface area contributed by atoms with Gasteiger partial charge >= 0.3 is 7.12 Å². The van der Waals surface area contributed by atoms with Crippen LogP contribution in [0.1, 0.15) is 0 Å². The van der Waals surface area contributed by atoms with Crippen molar-refractivity contribution in [2.75, 3.05) is 0 Å². The van der Waals surface area contributed by atoms with Crippen LogP contribution in [0.4, 0.5) is 0 Å². The molecule has 2 aromatic rings. The number of fused-ring (bicyclic) bond motifs is 1. The molecule has 0 amide bonds. The number of thiol groups is 1. The molecule has 0 saturated carbocycles. The quantitative estimate of drug-likeness (QED) is 0.475. The summed E-state index contributed by atoms with van der Waals surface area (Å²) in [5.74, 6) is 0. The highest BCUT2D eigenvalue weighted by Gasteiger charge is 2.14. The molecule has 0 aliphatic rings. The molecule has 0 saturated heterocycles. The molecule has 0 aromatic heterocycles. The molecule has 0 unspecified atom stereocenters. The lowest BCUT2D eigenvalue weighted by atomic mass is 9.79. The van der Waals surface area contributed by atoms with E-state index >= 15 is 0 Å². The van der Waals surface area contributed by atoms with Crippen molar-refractivity contribution >= 4 is 36.0 Å². The van der Waals surface area contributed by atoms with E-state index in [-0.39, 0.29) is 0 Å². The first-order chi connectivity index (χ1) is 6.68. The van der Waals surface area contributed by atoms with Gasteiger partial charge in [-0.3, -0.25) is 0 Å². The molecule has 0 bridgehead atoms. The second kappa shape index (κ2) is 3.65. The number of benzene rings is 2. The summed E-state index contributed by atoms with van der Waals surface area (Å²) in [6.07, 6.45) is 0. The Hall–Kier alpha value is -0.965. The summed E-state index contributed by atoms with van der Waals surface area (Å²) in [6, 6.07) is 11.3. The molecule has 0 radical (unpaired) electrons. The first kappa shape index (κ1) is 9.58. The summed E-state index contributed by atoms with van der Waals surface area (Å²) in [5.41, 5.74) is 0.437. The molecule has 2 nitrogen and oxygen atoms in total. The normalized spacial score (nSPS) is 10.5. The van der Waals surface area contributed by atoms with Crippen LogP contribution in [0.25, 0.3) is 10.8 Å². The van der Waals surface area contributed by atoms with Crippen molar-refractivity contribution in [2.45, 2.75) is 4.90 Å². The van der Waals surface area contributed by atoms with Crippen LogP contribution in [-0.2, 0) is 0 Å². The van der Waals surface area contributed by atoms with Crippen LogP contribution in [0.3, 0.4) is 0 Å². The SMILES string of the molecule is OB(O)c1cc2ccccc2cc1S. The van der Waals surface area contributed by atoms with Crippen molar-refractivity contribution in [3.63, 3.8) is 0 Å². The average Bonchev–Trinajstić information content (AvgIpc) is 2.16. The van der Waals surface area contributed by atoms with Crippen molar-refractivity contribution in [3.8, 4) is 0 Å². The van der Waals surface area contributed by atoms with E-state index in [9.17, 15) is 0 Å². The van der Waals surface area contributed by atoms with Crippen LogP contribution in [0.2, 0.25) is 0 Å². The maximum absolute atomic E-state index is 9.07. The molecule has 0 heterocycles. The first-order valence-electron chi connectivity index (χ1n) is 4.26. The first-order valence-corrected chi connectivity index (χ1v) is 4.71. The Labute approximate surface area is 87.7 Å². The molecule has 70 valence electrons. The van der Waals surface area contributed by atoms with E-state index in [0.717, 1.165) is 10.8 Å². The largest absolute Gasteiger partial charge is 0.489 e. The minimum absolute atomic E-state index is 0.437. The molecule has 2 N–H and O–H groups in total. The fourth-order valence-corrected chi connectivity index (χ4v) is 1.77. The summed E-state index contributed by atoms with van der Waals surface area (Å²) >= 11 is 4.19. The van der Waals surface area contributed by atoms with Crippen LogP contribution >= 0.6 is 12.6 Å². The molecular formula is C10H9BO2S. The van der Waals surface area contributed by atoms with Crippen molar-refractivity contribution in [3.05, 3.63) is 36.4 Å². The maximum atomic E-state index is 9.07. The second-order valence-corrected chi connectivity index (χ2v) is 3.61. The number of hydrogen-bond acceptors (Lipinski definition) is 3. The predicted molar refractivity (Wildman–Crippen MR) is 61.0 cm³/mol. The van der Waals surface area contributed by atoms with Gasteiger partial charge in [-0.2, -0.15) is 0 Å². The van der Waals surface area contributed by atoms with Crippen LogP contribution < -0.4 is 5.46 Å². The highest BCUT2D eigenvalue weighted by molar-refractivity contribution is 7.80. The van der Waals surface area contributed by atoms with Gasteiger partial charge in [0.15, 0.2) is 0 Å². The van der Waals surface area contributed by atoms with E-state index in [1.165, 1.54) is 0 Å². The standard InChI is InChI=1S/C10H9BO2S/c12-11(13)9-5-7-3-1-2-4-8(7)6-10(9)14/h1-6,12-14H. The molecule has 2 aromatic carbocycles. The van der Waals surface area contributed by atoms with Gasteiger partial charge in [-0.1, -0.05) is 30.3 Å². The lowest BCUT2D eigenvalue weighted by Gasteiger charge is -2.05. The molecule has 2 rings (SSSR count). The third-order valence-corrected chi connectivity index (χ3v) is 2.56. The predicted octanol–water partition coefficient (Wildman–Crippen LogP) is 0.808. The van der Waals surface area contributed by atoms with E-state index in [2.05, 4.69) is 12.6 Å². The fourth-order valence-electron chi connectivity index (χ4n) is 1.45. The van der Waals surface area contributed by atoms with Crippen molar-refractivity contribution in [1.82, 2.24) is 0 Å². The Kier molecular flexibility index (Phi) is 2.50. The van der Waals surface area contributed by atoms with Crippen LogP contribution in [-0.4, -0.2) is 17.2 Å². The Morgan fingerprint density at radius 1 is 1.00 bits per heavy atom. The minimum Gasteiger partial charge on any atom is -0.423 e. The second-order valence-electron chi connectivity index (χ2n) is 3.13. The third-order valence-electron chi connectivity index (χ3n) is 2.17. The Morgan fingerprint density at radius 3 is 2.14 bits per heavy atom. The van der Waals surface area contributed by atoms with Gasteiger partial charge in [-0.25, -0.2) is 0 Å². The molecule has 0 aliphatic heterocycles. The Balaban J connectivity index is 2.71. The molecule has 0 atom stereocenters. The minimum atomic E-state index is -1.47. The van der Waals surface area contributed by atoms with Crippen molar-refractivity contribution in [2.24, 2.45) is 0 Å². The van der Waals surface area contributed by atoms with Crippen molar-refractivity contribution < 1.29 is 10.0 Å². The van der Waals surface area contributed by atoms with Crippen LogP contribution in [0.5, 0.6) is 0 Å². The van der Waals surface area contributed by atoms with Gasteiger partial charge in [0.25, 0.3) is 0 Å². The van der Waals surface area contributed by atoms with E-state index < -0.39 is 7.12 Å². The van der Waals surface area contributed by atoms with Crippen molar-refractivity contribution in [1.29, 1.82) is 0 Å². The van der Waals surface area contributed by atoms with Gasteiger partial charge in [-0.15, -0.1) is 12.6 Å². The summed E-state index contributed by atoms with van der Waals surface area (Å²) in [6.45, 7) is 0. The summed E-state index contributed by atoms with van der Waals surface area (Å²) < 4.78 is 0. The lowest BCUT2D eigenvalue weighted by molar-refractivity contribution is 0.425. The van der Waals surface area contributed by atoms with Crippen LogP contribution in [0, 0.1) is 0 Å². The van der Waals surface area contributed by atoms with Crippen LogP contribution in [0.15, 0.2) is 41.3 Å². The van der Waals surface area contributed by atoms with Gasteiger partial charge in [-0.05, 0) is 22.3 Å². The zero-order chi connectivity index (χ0) is 10.1. The van der Waals surface area contributed by atoms with Gasteiger partial charge in [0.05, 0.1) is 0 Å². The van der Waals surface area contributed by atoms with Gasteiger partial charge in [0.1, 0.15) is 0 Å². The highest BCUT2D eigenvalue weighted by Crippen LogP contribution is 2.16. The lowest BCUT2D eigenvalue weighted by Crippen LogP contribution is -2.31. The van der Waals surface area contributed by atoms with Gasteiger partial charge in [0, 0.05) is 4.90 Å². The highest BCUT2D eigenvalue weighted by atomic mass is 32.1. The molecular weight excluding hydrogens is 195 g/mol. The molecule has 0 spiro atoms. The smallest absolute Gasteiger partial charge is 0.423 e. The number of hydrogen-bond donors (Lipinski definition) is 3. The molecule has 0 fully saturated rings. The van der Waals surface area contributed by atoms with E-state index in [1.807, 2.05) is 30.3 Å². The molecule has 4 heteroatoms. The summed E-state index contributed by atoms with van der Waals surface area (Å²) in [7, 11) is -1.47.